The van der Waals surface area contributed by atoms with E-state index >= 15 is 0 Å². The number of nitrogens with one attached hydrogen (secondary N) is 1. The molecule has 2 amide bonds. The predicted molar refractivity (Wildman–Crippen MR) is 91.5 cm³/mol. The van der Waals surface area contributed by atoms with Gasteiger partial charge in [-0.2, -0.15) is 0 Å². The van der Waals surface area contributed by atoms with E-state index in [0.717, 1.165) is 18.4 Å². The quantitative estimate of drug-likeness (QED) is 0.844. The van der Waals surface area contributed by atoms with Gasteiger partial charge in [0, 0.05) is 36.2 Å². The van der Waals surface area contributed by atoms with Gasteiger partial charge < -0.3 is 16.0 Å². The van der Waals surface area contributed by atoms with Crippen LogP contribution in [0.5, 0.6) is 0 Å². The zero-order valence-corrected chi connectivity index (χ0v) is 14.4. The highest BCUT2D eigenvalue weighted by Crippen LogP contribution is 2.23. The van der Waals surface area contributed by atoms with Crippen LogP contribution in [0.3, 0.4) is 0 Å². The molecule has 1 unspecified atom stereocenters. The first-order valence-electron chi connectivity index (χ1n) is 7.70. The standard InChI is InChI=1S/C16H21Cl2N3O2/c17-13-4-3-11(14(18)9-13)8-15(22)21-7-1-2-12(10-21)16(23)20-6-5-19/h3-4,9,12H,1-2,5-8,10,19H2,(H,20,23). The molecule has 0 aliphatic carbocycles. The van der Waals surface area contributed by atoms with Crippen LogP contribution in [0.1, 0.15) is 18.4 Å². The van der Waals surface area contributed by atoms with E-state index < -0.39 is 0 Å². The van der Waals surface area contributed by atoms with Crippen LogP contribution in [0.4, 0.5) is 0 Å². The molecule has 3 N–H and O–H groups in total. The fourth-order valence-corrected chi connectivity index (χ4v) is 3.17. The maximum Gasteiger partial charge on any atom is 0.227 e. The lowest BCUT2D eigenvalue weighted by molar-refractivity contribution is -0.135. The predicted octanol–water partition coefficient (Wildman–Crippen LogP) is 1.85. The number of hydrogen-bond donors (Lipinski definition) is 2. The molecule has 2 rings (SSSR count). The van der Waals surface area contributed by atoms with E-state index in [9.17, 15) is 9.59 Å². The minimum Gasteiger partial charge on any atom is -0.355 e. The average Bonchev–Trinajstić information content (AvgIpc) is 2.55. The molecule has 1 atom stereocenters. The van der Waals surface area contributed by atoms with Crippen molar-refractivity contribution in [3.8, 4) is 0 Å². The highest BCUT2D eigenvalue weighted by atomic mass is 35.5. The Morgan fingerprint density at radius 3 is 2.83 bits per heavy atom. The fraction of sp³-hybridized carbons (Fsp3) is 0.500. The Labute approximate surface area is 146 Å². The number of nitrogens with zero attached hydrogens (tertiary/aromatic N) is 1. The minimum absolute atomic E-state index is 0.0226. The van der Waals surface area contributed by atoms with Gasteiger partial charge in [-0.25, -0.2) is 0 Å². The summed E-state index contributed by atoms with van der Waals surface area (Å²) >= 11 is 12.0. The SMILES string of the molecule is NCCNC(=O)C1CCCN(C(=O)Cc2ccc(Cl)cc2Cl)C1. The molecule has 1 aliphatic rings. The van der Waals surface area contributed by atoms with E-state index in [0.29, 0.717) is 36.2 Å². The summed E-state index contributed by atoms with van der Waals surface area (Å²) in [5.74, 6) is -0.219. The van der Waals surface area contributed by atoms with Crippen molar-refractivity contribution in [1.82, 2.24) is 10.2 Å². The highest BCUT2D eigenvalue weighted by molar-refractivity contribution is 6.35. The van der Waals surface area contributed by atoms with Crippen molar-refractivity contribution in [1.29, 1.82) is 0 Å². The summed E-state index contributed by atoms with van der Waals surface area (Å²) < 4.78 is 0. The van der Waals surface area contributed by atoms with Crippen LogP contribution in [0.25, 0.3) is 0 Å². The van der Waals surface area contributed by atoms with Gasteiger partial charge >= 0.3 is 0 Å². The first-order chi connectivity index (χ1) is 11.0. The summed E-state index contributed by atoms with van der Waals surface area (Å²) in [6.45, 7) is 1.99. The Kier molecular flexibility index (Phi) is 6.69. The van der Waals surface area contributed by atoms with Crippen LogP contribution in [-0.2, 0) is 16.0 Å². The van der Waals surface area contributed by atoms with Gasteiger partial charge in [-0.15, -0.1) is 0 Å². The Bertz CT molecular complexity index is 580. The summed E-state index contributed by atoms with van der Waals surface area (Å²) in [5, 5.41) is 3.82. The third-order valence-electron chi connectivity index (χ3n) is 3.95. The van der Waals surface area contributed by atoms with Crippen LogP contribution in [-0.4, -0.2) is 42.9 Å². The summed E-state index contributed by atoms with van der Waals surface area (Å²) in [5.41, 5.74) is 6.14. The molecular formula is C16H21Cl2N3O2. The number of nitrogens with two attached hydrogens (primary N) is 1. The molecule has 1 saturated heterocycles. The monoisotopic (exact) mass is 357 g/mol. The number of rotatable bonds is 5. The van der Waals surface area contributed by atoms with E-state index in [2.05, 4.69) is 5.32 Å². The van der Waals surface area contributed by atoms with Crippen LogP contribution >= 0.6 is 23.2 Å². The summed E-state index contributed by atoms with van der Waals surface area (Å²) in [6, 6.07) is 5.11. The van der Waals surface area contributed by atoms with Crippen LogP contribution in [0, 0.1) is 5.92 Å². The van der Waals surface area contributed by atoms with Crippen molar-refractivity contribution < 1.29 is 9.59 Å². The van der Waals surface area contributed by atoms with E-state index in [4.69, 9.17) is 28.9 Å². The van der Waals surface area contributed by atoms with Crippen molar-refractivity contribution in [2.24, 2.45) is 11.7 Å². The van der Waals surface area contributed by atoms with E-state index in [1.807, 2.05) is 0 Å². The lowest BCUT2D eigenvalue weighted by atomic mass is 9.96. The molecule has 126 valence electrons. The maximum absolute atomic E-state index is 12.5. The van der Waals surface area contributed by atoms with Crippen LogP contribution < -0.4 is 11.1 Å². The van der Waals surface area contributed by atoms with Gasteiger partial charge in [0.25, 0.3) is 0 Å². The molecule has 1 heterocycles. The second-order valence-corrected chi connectivity index (χ2v) is 6.51. The molecule has 0 spiro atoms. The van der Waals surface area contributed by atoms with E-state index in [1.54, 1.807) is 23.1 Å². The van der Waals surface area contributed by atoms with Gasteiger partial charge in [0.2, 0.25) is 11.8 Å². The van der Waals surface area contributed by atoms with Gasteiger partial charge in [0.05, 0.1) is 12.3 Å². The van der Waals surface area contributed by atoms with Gasteiger partial charge in [0.15, 0.2) is 0 Å². The first kappa shape index (κ1) is 18.0. The Hall–Kier alpha value is -1.30. The number of carbonyl (C=O) groups is 2. The molecule has 0 radical (unpaired) electrons. The second kappa shape index (κ2) is 8.52. The molecule has 1 aromatic rings. The molecule has 0 bridgehead atoms. The number of carbonyl (C=O) groups excluding carboxylic acids is 2. The number of halogens is 2. The molecule has 0 saturated carbocycles. The Balaban J connectivity index is 1.95. The normalized spacial score (nSPS) is 17.9. The number of hydrogen-bond acceptors (Lipinski definition) is 3. The van der Waals surface area contributed by atoms with Crippen molar-refractivity contribution in [2.75, 3.05) is 26.2 Å². The van der Waals surface area contributed by atoms with Gasteiger partial charge in [-0.3, -0.25) is 9.59 Å². The van der Waals surface area contributed by atoms with Crippen molar-refractivity contribution in [2.45, 2.75) is 19.3 Å². The summed E-state index contributed by atoms with van der Waals surface area (Å²) in [4.78, 5) is 26.2. The van der Waals surface area contributed by atoms with Gasteiger partial charge in [0.1, 0.15) is 0 Å². The van der Waals surface area contributed by atoms with E-state index in [1.165, 1.54) is 0 Å². The van der Waals surface area contributed by atoms with Gasteiger partial charge in [-0.1, -0.05) is 29.3 Å². The molecule has 1 aromatic carbocycles. The largest absolute Gasteiger partial charge is 0.355 e. The van der Waals surface area contributed by atoms with Crippen LogP contribution in [0.2, 0.25) is 10.0 Å². The summed E-state index contributed by atoms with van der Waals surface area (Å²) in [7, 11) is 0. The Morgan fingerprint density at radius 2 is 2.13 bits per heavy atom. The summed E-state index contributed by atoms with van der Waals surface area (Å²) in [6.07, 6.45) is 1.83. The molecule has 1 fully saturated rings. The lowest BCUT2D eigenvalue weighted by Gasteiger charge is -2.32. The minimum atomic E-state index is -0.167. The zero-order valence-electron chi connectivity index (χ0n) is 12.9. The zero-order chi connectivity index (χ0) is 16.8. The van der Waals surface area contributed by atoms with Gasteiger partial charge in [-0.05, 0) is 30.5 Å². The van der Waals surface area contributed by atoms with Crippen molar-refractivity contribution >= 4 is 35.0 Å². The number of likely N-dealkylation sites (tertiary alicyclic amines) is 1. The maximum atomic E-state index is 12.5. The molecule has 5 nitrogen and oxygen atoms in total. The average molecular weight is 358 g/mol. The fourth-order valence-electron chi connectivity index (χ4n) is 2.70. The topological polar surface area (TPSA) is 75.4 Å². The number of piperidine rings is 1. The molecular weight excluding hydrogens is 337 g/mol. The first-order valence-corrected chi connectivity index (χ1v) is 8.46. The smallest absolute Gasteiger partial charge is 0.227 e. The van der Waals surface area contributed by atoms with Crippen molar-refractivity contribution in [3.63, 3.8) is 0 Å². The molecule has 1 aliphatic heterocycles. The third-order valence-corrected chi connectivity index (χ3v) is 4.53. The highest BCUT2D eigenvalue weighted by Gasteiger charge is 2.28. The third kappa shape index (κ3) is 5.09. The lowest BCUT2D eigenvalue weighted by Crippen LogP contribution is -2.46. The molecule has 0 aromatic heterocycles. The van der Waals surface area contributed by atoms with E-state index in [-0.39, 0.29) is 24.2 Å². The number of amides is 2. The molecule has 7 heteroatoms. The second-order valence-electron chi connectivity index (χ2n) is 5.67. The number of benzene rings is 1. The van der Waals surface area contributed by atoms with Crippen LogP contribution in [0.15, 0.2) is 18.2 Å². The van der Waals surface area contributed by atoms with Crippen molar-refractivity contribution in [3.05, 3.63) is 33.8 Å². The molecule has 23 heavy (non-hydrogen) atoms. The Morgan fingerprint density at radius 1 is 1.35 bits per heavy atom.